The van der Waals surface area contributed by atoms with Crippen LogP contribution in [0.1, 0.15) is 5.56 Å². The summed E-state index contributed by atoms with van der Waals surface area (Å²) in [6, 6.07) is 9.33. The molecule has 136 valence electrons. The quantitative estimate of drug-likeness (QED) is 0.228. The van der Waals surface area contributed by atoms with E-state index in [0.717, 1.165) is 5.56 Å². The van der Waals surface area contributed by atoms with Crippen LogP contribution in [0.3, 0.4) is 0 Å². The number of ether oxygens (including phenoxy) is 3. The van der Waals surface area contributed by atoms with Gasteiger partial charge < -0.3 is 29.3 Å². The largest absolute Gasteiger partial charge is 0.422 e. The average molecular weight is 351 g/mol. The summed E-state index contributed by atoms with van der Waals surface area (Å²) in [5.74, 6) is 0. The molecule has 0 aromatic heterocycles. The first-order valence-electron chi connectivity index (χ1n) is 7.74. The molecule has 2 rings (SSSR count). The zero-order valence-electron chi connectivity index (χ0n) is 13.5. The fourth-order valence-corrected chi connectivity index (χ4v) is 2.48. The van der Waals surface area contributed by atoms with Gasteiger partial charge in [-0.1, -0.05) is 36.4 Å². The van der Waals surface area contributed by atoms with Gasteiger partial charge >= 0.3 is 0 Å². The highest BCUT2D eigenvalue weighted by Crippen LogP contribution is 2.27. The van der Waals surface area contributed by atoms with Gasteiger partial charge in [-0.3, -0.25) is 0 Å². The molecule has 1 saturated heterocycles. The standard InChI is InChI=1S/C16H21N3O6/c1-2-8-22-16-15(25-19-18-17)14(13(21)12(9-20)24-16)23-10-11-6-4-3-5-7-11/h2-7,12-16,20-21H,1,8-10H2/t12-,13-,14+,15-,16?/m1/s1. The molecule has 1 heterocycles. The lowest BCUT2D eigenvalue weighted by atomic mass is 9.99. The van der Waals surface area contributed by atoms with Crippen LogP contribution < -0.4 is 0 Å². The van der Waals surface area contributed by atoms with E-state index in [9.17, 15) is 10.2 Å². The summed E-state index contributed by atoms with van der Waals surface area (Å²) < 4.78 is 16.7. The van der Waals surface area contributed by atoms with E-state index in [0.29, 0.717) is 0 Å². The smallest absolute Gasteiger partial charge is 0.198 e. The molecule has 1 aliphatic heterocycles. The Labute approximate surface area is 145 Å². The van der Waals surface area contributed by atoms with Gasteiger partial charge in [-0.2, -0.15) is 0 Å². The summed E-state index contributed by atoms with van der Waals surface area (Å²) in [4.78, 5) is 7.61. The van der Waals surface area contributed by atoms with E-state index in [-0.39, 0.29) is 13.2 Å². The number of aliphatic hydroxyl groups is 2. The third kappa shape index (κ3) is 5.17. The van der Waals surface area contributed by atoms with E-state index in [1.807, 2.05) is 30.3 Å². The molecule has 0 radical (unpaired) electrons. The normalized spacial score (nSPS) is 28.8. The van der Waals surface area contributed by atoms with E-state index in [2.05, 4.69) is 16.8 Å². The monoisotopic (exact) mass is 351 g/mol. The fourth-order valence-electron chi connectivity index (χ4n) is 2.48. The number of hydrogen-bond acceptors (Lipinski definition) is 7. The predicted octanol–water partition coefficient (Wildman–Crippen LogP) is 1.46. The Morgan fingerprint density at radius 2 is 2.04 bits per heavy atom. The molecule has 1 fully saturated rings. The van der Waals surface area contributed by atoms with E-state index >= 15 is 0 Å². The number of aliphatic hydroxyl groups excluding tert-OH is 2. The van der Waals surface area contributed by atoms with Crippen molar-refractivity contribution in [1.82, 2.24) is 0 Å². The van der Waals surface area contributed by atoms with Crippen molar-refractivity contribution in [2.24, 2.45) is 5.28 Å². The molecule has 0 bridgehead atoms. The highest BCUT2D eigenvalue weighted by molar-refractivity contribution is 5.13. The van der Waals surface area contributed by atoms with Crippen molar-refractivity contribution in [3.8, 4) is 0 Å². The third-order valence-corrected chi connectivity index (χ3v) is 3.67. The summed E-state index contributed by atoms with van der Waals surface area (Å²) in [5, 5.41) is 22.9. The molecule has 0 aliphatic carbocycles. The molecule has 2 N–H and O–H groups in total. The highest BCUT2D eigenvalue weighted by Gasteiger charge is 2.48. The molecule has 5 atom stereocenters. The number of rotatable bonds is 9. The first-order valence-corrected chi connectivity index (χ1v) is 7.74. The lowest BCUT2D eigenvalue weighted by Gasteiger charge is -2.42. The second-order valence-electron chi connectivity index (χ2n) is 5.34. The second kappa shape index (κ2) is 10.00. The fraction of sp³-hybridized carbons (Fsp3) is 0.500. The Kier molecular flexibility index (Phi) is 7.68. The number of azide groups is 1. The van der Waals surface area contributed by atoms with Crippen LogP contribution in [-0.4, -0.2) is 54.1 Å². The van der Waals surface area contributed by atoms with Crippen LogP contribution in [0.5, 0.6) is 0 Å². The maximum Gasteiger partial charge on any atom is 0.198 e. The summed E-state index contributed by atoms with van der Waals surface area (Å²) in [6.45, 7) is 3.44. The Morgan fingerprint density at radius 3 is 2.68 bits per heavy atom. The van der Waals surface area contributed by atoms with Gasteiger partial charge in [0.15, 0.2) is 12.4 Å². The predicted molar refractivity (Wildman–Crippen MR) is 86.9 cm³/mol. The Hall–Kier alpha value is -2.13. The number of hydrogen-bond donors (Lipinski definition) is 2. The van der Waals surface area contributed by atoms with Gasteiger partial charge in [-0.15, -0.1) is 6.58 Å². The van der Waals surface area contributed by atoms with E-state index in [1.165, 1.54) is 6.08 Å². The molecule has 1 aromatic carbocycles. The van der Waals surface area contributed by atoms with Crippen molar-refractivity contribution in [1.29, 1.82) is 0 Å². The van der Waals surface area contributed by atoms with Gasteiger partial charge in [0, 0.05) is 4.91 Å². The van der Waals surface area contributed by atoms with Crippen molar-refractivity contribution in [3.05, 3.63) is 59.0 Å². The van der Waals surface area contributed by atoms with Crippen LogP contribution in [0.25, 0.3) is 10.4 Å². The van der Waals surface area contributed by atoms with E-state index < -0.39 is 37.3 Å². The first-order chi connectivity index (χ1) is 12.2. The molecule has 0 saturated carbocycles. The van der Waals surface area contributed by atoms with Crippen molar-refractivity contribution in [2.75, 3.05) is 13.2 Å². The van der Waals surface area contributed by atoms with Gasteiger partial charge in [0.05, 0.1) is 19.8 Å². The van der Waals surface area contributed by atoms with Gasteiger partial charge in [0.2, 0.25) is 0 Å². The third-order valence-electron chi connectivity index (χ3n) is 3.67. The number of nitrogens with zero attached hydrogens (tertiary/aromatic N) is 3. The molecule has 9 heteroatoms. The van der Waals surface area contributed by atoms with Crippen molar-refractivity contribution >= 4 is 0 Å². The van der Waals surface area contributed by atoms with Gasteiger partial charge in [0.25, 0.3) is 0 Å². The van der Waals surface area contributed by atoms with Crippen molar-refractivity contribution in [2.45, 2.75) is 37.3 Å². The van der Waals surface area contributed by atoms with Crippen LogP contribution in [0, 0.1) is 0 Å². The molecule has 9 nitrogen and oxygen atoms in total. The molecule has 1 aromatic rings. The SMILES string of the molecule is C=CCOC1O[C@H](CO)[C@@H](O)[C@H](OCc2ccccc2)[C@H]1ON=[N+]=[N-]. The summed E-state index contributed by atoms with van der Waals surface area (Å²) in [6.07, 6.45) is -3.58. The molecule has 25 heavy (non-hydrogen) atoms. The molecular weight excluding hydrogens is 330 g/mol. The van der Waals surface area contributed by atoms with E-state index in [4.69, 9.17) is 24.6 Å². The summed E-state index contributed by atoms with van der Waals surface area (Å²) in [7, 11) is 0. The lowest BCUT2D eigenvalue weighted by Crippen LogP contribution is -2.60. The zero-order valence-corrected chi connectivity index (χ0v) is 13.5. The van der Waals surface area contributed by atoms with Crippen molar-refractivity contribution in [3.63, 3.8) is 0 Å². The minimum Gasteiger partial charge on any atom is -0.422 e. The molecule has 0 spiro atoms. The Balaban J connectivity index is 2.17. The lowest BCUT2D eigenvalue weighted by molar-refractivity contribution is -0.316. The molecule has 0 amide bonds. The Morgan fingerprint density at radius 1 is 1.28 bits per heavy atom. The van der Waals surface area contributed by atoms with Crippen LogP contribution in [0.4, 0.5) is 0 Å². The van der Waals surface area contributed by atoms with Crippen LogP contribution in [0.2, 0.25) is 0 Å². The molecule has 1 unspecified atom stereocenters. The van der Waals surface area contributed by atoms with E-state index in [1.54, 1.807) is 0 Å². The second-order valence-corrected chi connectivity index (χ2v) is 5.34. The average Bonchev–Trinajstić information content (AvgIpc) is 2.65. The number of benzene rings is 1. The van der Waals surface area contributed by atoms with Crippen LogP contribution in [-0.2, 0) is 25.7 Å². The summed E-state index contributed by atoms with van der Waals surface area (Å²) >= 11 is 0. The Bertz CT molecular complexity index is 580. The first kappa shape index (κ1) is 19.2. The zero-order chi connectivity index (χ0) is 18.1. The molecular formula is C16H21N3O6. The minimum absolute atomic E-state index is 0.139. The summed E-state index contributed by atoms with van der Waals surface area (Å²) in [5.41, 5.74) is 9.39. The minimum atomic E-state index is -1.20. The van der Waals surface area contributed by atoms with Crippen molar-refractivity contribution < 1.29 is 29.3 Å². The van der Waals surface area contributed by atoms with Crippen LogP contribution in [0.15, 0.2) is 48.3 Å². The topological polar surface area (TPSA) is 126 Å². The molecule has 1 aliphatic rings. The van der Waals surface area contributed by atoms with Gasteiger partial charge in [-0.05, 0) is 11.1 Å². The van der Waals surface area contributed by atoms with Gasteiger partial charge in [0.1, 0.15) is 23.6 Å². The maximum absolute atomic E-state index is 10.4. The van der Waals surface area contributed by atoms with Crippen LogP contribution >= 0.6 is 0 Å². The highest BCUT2D eigenvalue weighted by atomic mass is 16.7. The van der Waals surface area contributed by atoms with Gasteiger partial charge in [-0.25, -0.2) is 0 Å². The maximum atomic E-state index is 10.4.